The van der Waals surface area contributed by atoms with Crippen LogP contribution in [0, 0.1) is 40.4 Å². The maximum atomic E-state index is 12.3. The number of hydrogen-bond donors (Lipinski definition) is 2. The van der Waals surface area contributed by atoms with Crippen molar-refractivity contribution in [3.05, 3.63) is 11.8 Å². The second kappa shape index (κ2) is 5.33. The van der Waals surface area contributed by atoms with Crippen LogP contribution < -0.4 is 0 Å². The molecule has 0 spiro atoms. The molecule has 4 aliphatic carbocycles. The average Bonchev–Trinajstić information content (AvgIpc) is 2.85. The lowest BCUT2D eigenvalue weighted by Crippen LogP contribution is -2.59. The molecule has 24 heavy (non-hydrogen) atoms. The highest BCUT2D eigenvalue weighted by atomic mass is 16.3. The van der Waals surface area contributed by atoms with E-state index >= 15 is 0 Å². The van der Waals surface area contributed by atoms with E-state index in [9.17, 15) is 15.0 Å². The fourth-order valence-corrected chi connectivity index (χ4v) is 7.45. The van der Waals surface area contributed by atoms with E-state index in [4.69, 9.17) is 0 Å². The minimum atomic E-state index is -0.801. The third-order valence-corrected chi connectivity index (χ3v) is 9.21. The van der Waals surface area contributed by atoms with Crippen molar-refractivity contribution in [1.82, 2.24) is 0 Å². The molecule has 4 fully saturated rings. The van der Waals surface area contributed by atoms with E-state index in [0.717, 1.165) is 24.5 Å². The van der Waals surface area contributed by atoms with E-state index in [2.05, 4.69) is 20.8 Å². The van der Waals surface area contributed by atoms with Crippen LogP contribution >= 0.6 is 0 Å². The number of carbonyl (C=O) groups excluding carboxylic acids is 1. The summed E-state index contributed by atoms with van der Waals surface area (Å²) in [6.07, 6.45) is 7.94. The summed E-state index contributed by atoms with van der Waals surface area (Å²) >= 11 is 0. The SMILES string of the molecule is CC1CC[C@H]2[C@@H]3CC[C@H]4CC(=O)C(=CO)C(O)[C@]4(C)[C@H]3CC[C@]12C. The van der Waals surface area contributed by atoms with Gasteiger partial charge in [-0.05, 0) is 73.5 Å². The van der Waals surface area contributed by atoms with Gasteiger partial charge in [-0.2, -0.15) is 0 Å². The summed E-state index contributed by atoms with van der Waals surface area (Å²) < 4.78 is 0. The van der Waals surface area contributed by atoms with Crippen molar-refractivity contribution in [3.8, 4) is 0 Å². The van der Waals surface area contributed by atoms with E-state index < -0.39 is 6.10 Å². The minimum Gasteiger partial charge on any atom is -0.515 e. The molecule has 4 rings (SSSR count). The zero-order valence-electron chi connectivity index (χ0n) is 15.3. The molecular weight excluding hydrogens is 300 g/mol. The fourth-order valence-electron chi connectivity index (χ4n) is 7.45. The smallest absolute Gasteiger partial charge is 0.164 e. The van der Waals surface area contributed by atoms with E-state index in [0.29, 0.717) is 23.7 Å². The highest BCUT2D eigenvalue weighted by Crippen LogP contribution is 2.67. The number of Topliss-reactive ketones (excluding diaryl/α,β-unsaturated/α-hetero) is 1. The Hall–Kier alpha value is -0.830. The van der Waals surface area contributed by atoms with Crippen LogP contribution in [-0.2, 0) is 4.79 Å². The first-order chi connectivity index (χ1) is 11.3. The van der Waals surface area contributed by atoms with E-state index in [-0.39, 0.29) is 22.7 Å². The lowest BCUT2D eigenvalue weighted by atomic mass is 9.44. The molecule has 0 aromatic carbocycles. The van der Waals surface area contributed by atoms with Crippen molar-refractivity contribution in [2.45, 2.75) is 71.8 Å². The van der Waals surface area contributed by atoms with Gasteiger partial charge in [-0.25, -0.2) is 0 Å². The molecule has 134 valence electrons. The standard InChI is InChI=1S/C21H32O3/c1-12-4-7-16-14-6-5-13-10-18(23)15(11-22)19(24)21(13,3)17(14)8-9-20(12,16)2/h11-14,16-17,19,22,24H,4-10H2,1-3H3/t12?,13-,14-,16-,17-,19?,20+,21-/m0/s1. The van der Waals surface area contributed by atoms with Gasteiger partial charge in [0, 0.05) is 11.8 Å². The highest BCUT2D eigenvalue weighted by molar-refractivity contribution is 5.97. The molecule has 0 aromatic heterocycles. The van der Waals surface area contributed by atoms with Crippen LogP contribution in [0.25, 0.3) is 0 Å². The number of carbonyl (C=O) groups is 1. The first-order valence-corrected chi connectivity index (χ1v) is 9.89. The van der Waals surface area contributed by atoms with Crippen molar-refractivity contribution in [3.63, 3.8) is 0 Å². The maximum Gasteiger partial charge on any atom is 0.164 e. The molecule has 2 N–H and O–H groups in total. The summed E-state index contributed by atoms with van der Waals surface area (Å²) in [6.45, 7) is 7.13. The summed E-state index contributed by atoms with van der Waals surface area (Å²) in [6, 6.07) is 0. The zero-order chi connectivity index (χ0) is 17.3. The monoisotopic (exact) mass is 332 g/mol. The third kappa shape index (κ3) is 1.91. The number of rotatable bonds is 0. The minimum absolute atomic E-state index is 0.0546. The maximum absolute atomic E-state index is 12.3. The number of aliphatic hydroxyl groups is 2. The average molecular weight is 332 g/mol. The van der Waals surface area contributed by atoms with Crippen LogP contribution in [0.4, 0.5) is 0 Å². The Kier molecular flexibility index (Phi) is 3.69. The first-order valence-electron chi connectivity index (χ1n) is 9.89. The number of ketones is 1. The lowest BCUT2D eigenvalue weighted by molar-refractivity contribution is -0.157. The quantitative estimate of drug-likeness (QED) is 0.515. The van der Waals surface area contributed by atoms with Crippen molar-refractivity contribution < 1.29 is 15.0 Å². The van der Waals surface area contributed by atoms with Crippen molar-refractivity contribution in [2.75, 3.05) is 0 Å². The Labute approximate surface area is 145 Å². The molecule has 4 aliphatic rings. The van der Waals surface area contributed by atoms with Crippen LogP contribution in [0.5, 0.6) is 0 Å². The molecule has 0 radical (unpaired) electrons. The van der Waals surface area contributed by atoms with Gasteiger partial charge >= 0.3 is 0 Å². The third-order valence-electron chi connectivity index (χ3n) is 9.21. The molecule has 0 amide bonds. The molecule has 0 bridgehead atoms. The van der Waals surface area contributed by atoms with Gasteiger partial charge in [0.1, 0.15) is 0 Å². The molecule has 0 aromatic rings. The molecule has 8 atom stereocenters. The second-order valence-electron chi connectivity index (χ2n) is 9.65. The molecular formula is C21H32O3. The van der Waals surface area contributed by atoms with Gasteiger partial charge in [0.05, 0.1) is 17.9 Å². The van der Waals surface area contributed by atoms with Gasteiger partial charge in [0.2, 0.25) is 0 Å². The van der Waals surface area contributed by atoms with Gasteiger partial charge < -0.3 is 10.2 Å². The Bertz CT molecular complexity index is 582. The number of aliphatic hydroxyl groups excluding tert-OH is 2. The fraction of sp³-hybridized carbons (Fsp3) is 0.857. The number of hydrogen-bond acceptors (Lipinski definition) is 3. The molecule has 4 saturated carbocycles. The van der Waals surface area contributed by atoms with Crippen LogP contribution in [0.3, 0.4) is 0 Å². The predicted octanol–water partition coefficient (Wildman–Crippen LogP) is 4.26. The van der Waals surface area contributed by atoms with Gasteiger partial charge in [-0.3, -0.25) is 4.79 Å². The van der Waals surface area contributed by atoms with Gasteiger partial charge in [0.15, 0.2) is 5.78 Å². The van der Waals surface area contributed by atoms with E-state index in [1.54, 1.807) is 0 Å². The zero-order valence-corrected chi connectivity index (χ0v) is 15.3. The lowest BCUT2D eigenvalue weighted by Gasteiger charge is -2.61. The summed E-state index contributed by atoms with van der Waals surface area (Å²) in [5.41, 5.74) is 0.469. The number of fused-ring (bicyclic) bond motifs is 5. The topological polar surface area (TPSA) is 57.5 Å². The van der Waals surface area contributed by atoms with Crippen LogP contribution in [-0.4, -0.2) is 22.1 Å². The summed E-state index contributed by atoms with van der Waals surface area (Å²) in [5, 5.41) is 20.6. The largest absolute Gasteiger partial charge is 0.515 e. The van der Waals surface area contributed by atoms with Crippen LogP contribution in [0.1, 0.15) is 65.7 Å². The second-order valence-corrected chi connectivity index (χ2v) is 9.65. The van der Waals surface area contributed by atoms with Crippen molar-refractivity contribution in [2.24, 2.45) is 40.4 Å². The summed E-state index contributed by atoms with van der Waals surface area (Å²) in [4.78, 5) is 12.3. The van der Waals surface area contributed by atoms with E-state index in [1.807, 2.05) is 0 Å². The Morgan fingerprint density at radius 1 is 1.08 bits per heavy atom. The van der Waals surface area contributed by atoms with Crippen molar-refractivity contribution >= 4 is 5.78 Å². The van der Waals surface area contributed by atoms with Gasteiger partial charge in [-0.15, -0.1) is 0 Å². The summed E-state index contributed by atoms with van der Waals surface area (Å²) in [5.74, 6) is 2.96. The molecule has 3 nitrogen and oxygen atoms in total. The highest BCUT2D eigenvalue weighted by Gasteiger charge is 2.62. The van der Waals surface area contributed by atoms with Crippen LogP contribution in [0.15, 0.2) is 11.8 Å². The molecule has 0 aliphatic heterocycles. The summed E-state index contributed by atoms with van der Waals surface area (Å²) in [7, 11) is 0. The Balaban J connectivity index is 1.71. The predicted molar refractivity (Wildman–Crippen MR) is 93.4 cm³/mol. The Morgan fingerprint density at radius 3 is 2.54 bits per heavy atom. The normalized spacial score (nSPS) is 55.8. The first kappa shape index (κ1) is 16.6. The van der Waals surface area contributed by atoms with Crippen LogP contribution in [0.2, 0.25) is 0 Å². The molecule has 2 unspecified atom stereocenters. The molecule has 3 heteroatoms. The molecule has 0 saturated heterocycles. The molecule has 0 heterocycles. The van der Waals surface area contributed by atoms with Gasteiger partial charge in [0.25, 0.3) is 0 Å². The van der Waals surface area contributed by atoms with Gasteiger partial charge in [-0.1, -0.05) is 20.8 Å². The van der Waals surface area contributed by atoms with E-state index in [1.165, 1.54) is 32.1 Å². The Morgan fingerprint density at radius 2 is 1.83 bits per heavy atom. The van der Waals surface area contributed by atoms with Crippen molar-refractivity contribution in [1.29, 1.82) is 0 Å².